The van der Waals surface area contributed by atoms with E-state index in [9.17, 15) is 10.2 Å². The second-order valence-electron chi connectivity index (χ2n) is 5.16. The number of rotatable bonds is 1. The molecule has 0 bridgehead atoms. The first-order valence-corrected chi connectivity index (χ1v) is 7.47. The first kappa shape index (κ1) is 11.7. The molecule has 0 atom stereocenters. The van der Waals surface area contributed by atoms with Gasteiger partial charge >= 0.3 is 0 Å². The van der Waals surface area contributed by atoms with E-state index >= 15 is 0 Å². The summed E-state index contributed by atoms with van der Waals surface area (Å²) < 4.78 is 1.16. The molecule has 2 N–H and O–H groups in total. The van der Waals surface area contributed by atoms with Crippen LogP contribution in [0.25, 0.3) is 20.8 Å². The van der Waals surface area contributed by atoms with E-state index in [2.05, 4.69) is 17.1 Å². The van der Waals surface area contributed by atoms with Crippen molar-refractivity contribution >= 4 is 21.6 Å². The summed E-state index contributed by atoms with van der Waals surface area (Å²) in [6.07, 6.45) is 3.53. The highest BCUT2D eigenvalue weighted by Crippen LogP contribution is 2.38. The second kappa shape index (κ2) is 4.21. The molecule has 100 valence electrons. The fourth-order valence-corrected chi connectivity index (χ4v) is 3.86. The van der Waals surface area contributed by atoms with Crippen molar-refractivity contribution in [1.29, 1.82) is 0 Å². The maximum atomic E-state index is 9.94. The molecule has 4 heteroatoms. The summed E-state index contributed by atoms with van der Waals surface area (Å²) in [5.74, 6) is 0.128. The van der Waals surface area contributed by atoms with Gasteiger partial charge in [0.1, 0.15) is 16.5 Å². The van der Waals surface area contributed by atoms with Gasteiger partial charge < -0.3 is 10.2 Å². The smallest absolute Gasteiger partial charge is 0.129 e. The van der Waals surface area contributed by atoms with Crippen LogP contribution in [0.3, 0.4) is 0 Å². The van der Waals surface area contributed by atoms with Crippen molar-refractivity contribution in [2.45, 2.75) is 19.3 Å². The van der Waals surface area contributed by atoms with Crippen molar-refractivity contribution in [3.8, 4) is 22.1 Å². The summed E-state index contributed by atoms with van der Waals surface area (Å²) >= 11 is 1.58. The van der Waals surface area contributed by atoms with Gasteiger partial charge in [0.25, 0.3) is 0 Å². The number of benzene rings is 2. The zero-order valence-corrected chi connectivity index (χ0v) is 11.6. The molecule has 0 saturated heterocycles. The molecule has 0 spiro atoms. The van der Waals surface area contributed by atoms with Crippen molar-refractivity contribution in [3.05, 3.63) is 41.5 Å². The van der Waals surface area contributed by atoms with E-state index in [1.54, 1.807) is 23.5 Å². The molecule has 0 aliphatic heterocycles. The zero-order chi connectivity index (χ0) is 13.7. The second-order valence-corrected chi connectivity index (χ2v) is 6.19. The topological polar surface area (TPSA) is 53.4 Å². The molecule has 3 aromatic rings. The van der Waals surface area contributed by atoms with Crippen molar-refractivity contribution in [2.75, 3.05) is 0 Å². The Morgan fingerprint density at radius 2 is 1.80 bits per heavy atom. The minimum Gasteiger partial charge on any atom is -0.508 e. The standard InChI is InChI=1S/C16H13NO2S/c18-11-4-5-12(14(19)8-11)16-17-13-6-9-2-1-3-10(9)7-15(13)20-16/h4-8,18-19H,1-3H2. The predicted molar refractivity (Wildman–Crippen MR) is 80.4 cm³/mol. The fraction of sp³-hybridized carbons (Fsp3) is 0.188. The average molecular weight is 283 g/mol. The fourth-order valence-electron chi connectivity index (χ4n) is 2.81. The van der Waals surface area contributed by atoms with Gasteiger partial charge in [-0.05, 0) is 54.7 Å². The van der Waals surface area contributed by atoms with Crippen molar-refractivity contribution in [3.63, 3.8) is 0 Å². The highest BCUT2D eigenvalue weighted by atomic mass is 32.1. The Labute approximate surface area is 120 Å². The van der Waals surface area contributed by atoms with Gasteiger partial charge in [-0.1, -0.05) is 0 Å². The first-order valence-electron chi connectivity index (χ1n) is 6.65. The number of phenolic OH excluding ortho intramolecular Hbond substituents is 2. The number of phenols is 2. The lowest BCUT2D eigenvalue weighted by molar-refractivity contribution is 0.452. The van der Waals surface area contributed by atoms with Crippen LogP contribution in [0.5, 0.6) is 11.5 Å². The Balaban J connectivity index is 1.89. The first-order chi connectivity index (χ1) is 9.70. The van der Waals surface area contributed by atoms with Gasteiger partial charge in [-0.3, -0.25) is 0 Å². The van der Waals surface area contributed by atoms with Gasteiger partial charge in [0, 0.05) is 6.07 Å². The number of nitrogens with zero attached hydrogens (tertiary/aromatic N) is 1. The van der Waals surface area contributed by atoms with E-state index in [0.29, 0.717) is 5.56 Å². The van der Waals surface area contributed by atoms with Gasteiger partial charge in [0.05, 0.1) is 15.8 Å². The lowest BCUT2D eigenvalue weighted by Gasteiger charge is -2.00. The van der Waals surface area contributed by atoms with Crippen LogP contribution in [0.4, 0.5) is 0 Å². The maximum Gasteiger partial charge on any atom is 0.129 e. The third-order valence-electron chi connectivity index (χ3n) is 3.81. The van der Waals surface area contributed by atoms with Crippen molar-refractivity contribution in [2.24, 2.45) is 0 Å². The highest BCUT2D eigenvalue weighted by molar-refractivity contribution is 7.21. The lowest BCUT2D eigenvalue weighted by Crippen LogP contribution is -1.81. The van der Waals surface area contributed by atoms with E-state index in [4.69, 9.17) is 0 Å². The molecule has 1 heterocycles. The maximum absolute atomic E-state index is 9.94. The van der Waals surface area contributed by atoms with E-state index in [0.717, 1.165) is 28.1 Å². The normalized spacial score (nSPS) is 13.8. The summed E-state index contributed by atoms with van der Waals surface area (Å²) in [6, 6.07) is 9.03. The Morgan fingerprint density at radius 1 is 1.00 bits per heavy atom. The molecule has 1 aromatic heterocycles. The Bertz CT molecular complexity index is 782. The van der Waals surface area contributed by atoms with E-state index in [1.807, 2.05) is 0 Å². The predicted octanol–water partition coefficient (Wildman–Crippen LogP) is 3.86. The van der Waals surface area contributed by atoms with Gasteiger partial charge in [0.2, 0.25) is 0 Å². The van der Waals surface area contributed by atoms with E-state index < -0.39 is 0 Å². The van der Waals surface area contributed by atoms with Gasteiger partial charge in [0.15, 0.2) is 0 Å². The van der Waals surface area contributed by atoms with Gasteiger partial charge in [-0.25, -0.2) is 4.98 Å². The Kier molecular flexibility index (Phi) is 2.47. The Morgan fingerprint density at radius 3 is 2.60 bits per heavy atom. The molecule has 0 radical (unpaired) electrons. The summed E-state index contributed by atoms with van der Waals surface area (Å²) in [5, 5.41) is 20.1. The van der Waals surface area contributed by atoms with Crippen LogP contribution in [0.2, 0.25) is 0 Å². The molecular formula is C16H13NO2S. The number of aromatic nitrogens is 1. The molecule has 1 aliphatic rings. The van der Waals surface area contributed by atoms with Crippen LogP contribution in [-0.2, 0) is 12.8 Å². The minimum atomic E-state index is 0.0614. The largest absolute Gasteiger partial charge is 0.508 e. The molecule has 0 unspecified atom stereocenters. The molecule has 0 fully saturated rings. The highest BCUT2D eigenvalue weighted by Gasteiger charge is 2.16. The van der Waals surface area contributed by atoms with E-state index in [-0.39, 0.29) is 11.5 Å². The van der Waals surface area contributed by atoms with Crippen molar-refractivity contribution < 1.29 is 10.2 Å². The van der Waals surface area contributed by atoms with Crippen LogP contribution < -0.4 is 0 Å². The zero-order valence-electron chi connectivity index (χ0n) is 10.8. The monoisotopic (exact) mass is 283 g/mol. The Hall–Kier alpha value is -2.07. The molecule has 4 rings (SSSR count). The van der Waals surface area contributed by atoms with E-state index in [1.165, 1.54) is 23.6 Å². The van der Waals surface area contributed by atoms with Crippen LogP contribution in [0.15, 0.2) is 30.3 Å². The lowest BCUT2D eigenvalue weighted by atomic mass is 10.1. The number of aromatic hydroxyl groups is 2. The van der Waals surface area contributed by atoms with Crippen molar-refractivity contribution in [1.82, 2.24) is 4.98 Å². The third-order valence-corrected chi connectivity index (χ3v) is 4.87. The van der Waals surface area contributed by atoms with Gasteiger partial charge in [-0.15, -0.1) is 11.3 Å². The number of aryl methyl sites for hydroxylation is 2. The number of hydrogen-bond donors (Lipinski definition) is 2. The number of fused-ring (bicyclic) bond motifs is 2. The summed E-state index contributed by atoms with van der Waals surface area (Å²) in [6.45, 7) is 0. The molecule has 3 nitrogen and oxygen atoms in total. The van der Waals surface area contributed by atoms with Crippen LogP contribution in [-0.4, -0.2) is 15.2 Å². The average Bonchev–Trinajstić information content (AvgIpc) is 3.00. The van der Waals surface area contributed by atoms with Crippen LogP contribution >= 0.6 is 11.3 Å². The SMILES string of the molecule is Oc1ccc(-c2nc3cc4c(cc3s2)CCC4)c(O)c1. The number of thiazole rings is 1. The van der Waals surface area contributed by atoms with Crippen LogP contribution in [0.1, 0.15) is 17.5 Å². The molecule has 1 aliphatic carbocycles. The molecule has 2 aromatic carbocycles. The quantitative estimate of drug-likeness (QED) is 0.713. The summed E-state index contributed by atoms with van der Waals surface area (Å²) in [7, 11) is 0. The van der Waals surface area contributed by atoms with Crippen LogP contribution in [0, 0.1) is 0 Å². The minimum absolute atomic E-state index is 0.0614. The molecular weight excluding hydrogens is 270 g/mol. The summed E-state index contributed by atoms with van der Waals surface area (Å²) in [5.41, 5.74) is 4.51. The molecule has 20 heavy (non-hydrogen) atoms. The molecule has 0 saturated carbocycles. The summed E-state index contributed by atoms with van der Waals surface area (Å²) in [4.78, 5) is 4.63. The van der Waals surface area contributed by atoms with Gasteiger partial charge in [-0.2, -0.15) is 0 Å². The molecule has 0 amide bonds. The number of hydrogen-bond acceptors (Lipinski definition) is 4. The third kappa shape index (κ3) is 1.76.